The van der Waals surface area contributed by atoms with Gasteiger partial charge in [-0.1, -0.05) is 19.1 Å². The first-order valence-corrected chi connectivity index (χ1v) is 8.32. The molecular formula is C18H29NO3. The first kappa shape index (κ1) is 17.3. The molecule has 2 unspecified atom stereocenters. The molecule has 0 spiro atoms. The van der Waals surface area contributed by atoms with Crippen molar-refractivity contribution >= 4 is 0 Å². The minimum absolute atomic E-state index is 0.344. The topological polar surface area (TPSA) is 41.9 Å². The second-order valence-electron chi connectivity index (χ2n) is 6.19. The number of piperidine rings is 1. The number of aliphatic hydroxyl groups is 1. The van der Waals surface area contributed by atoms with Crippen LogP contribution in [0, 0.1) is 5.92 Å². The summed E-state index contributed by atoms with van der Waals surface area (Å²) in [6, 6.07) is 8.09. The van der Waals surface area contributed by atoms with Crippen LogP contribution in [0.25, 0.3) is 0 Å². The number of β-amino-alcohol motifs (C(OH)–C–C–N with tert-alkyl or cyclic N) is 1. The predicted octanol–water partition coefficient (Wildman–Crippen LogP) is 2.35. The Labute approximate surface area is 134 Å². The van der Waals surface area contributed by atoms with Gasteiger partial charge in [0.2, 0.25) is 0 Å². The van der Waals surface area contributed by atoms with Crippen LogP contribution in [0.1, 0.15) is 25.3 Å². The molecule has 1 aromatic rings. The lowest BCUT2D eigenvalue weighted by Gasteiger charge is -2.33. The Balaban J connectivity index is 1.71. The molecule has 1 fully saturated rings. The Morgan fingerprint density at radius 2 is 2.09 bits per heavy atom. The molecule has 0 amide bonds. The monoisotopic (exact) mass is 307 g/mol. The van der Waals surface area contributed by atoms with Gasteiger partial charge in [0, 0.05) is 20.2 Å². The van der Waals surface area contributed by atoms with Crippen molar-refractivity contribution in [2.75, 3.05) is 40.0 Å². The molecule has 0 radical (unpaired) electrons. The quantitative estimate of drug-likeness (QED) is 0.800. The van der Waals surface area contributed by atoms with Crippen molar-refractivity contribution in [2.24, 2.45) is 5.92 Å². The van der Waals surface area contributed by atoms with E-state index in [0.29, 0.717) is 19.1 Å². The Morgan fingerprint density at radius 1 is 1.32 bits per heavy atom. The molecule has 4 nitrogen and oxygen atoms in total. The van der Waals surface area contributed by atoms with E-state index in [1.165, 1.54) is 18.4 Å². The molecule has 22 heavy (non-hydrogen) atoms. The number of hydrogen-bond acceptors (Lipinski definition) is 4. The average molecular weight is 307 g/mol. The summed E-state index contributed by atoms with van der Waals surface area (Å²) in [6.45, 7) is 6.03. The molecule has 0 saturated carbocycles. The van der Waals surface area contributed by atoms with Gasteiger partial charge in [0.1, 0.15) is 18.5 Å². The molecule has 124 valence electrons. The summed E-state index contributed by atoms with van der Waals surface area (Å²) in [7, 11) is 1.76. The van der Waals surface area contributed by atoms with Gasteiger partial charge in [-0.05, 0) is 49.4 Å². The molecule has 1 aliphatic rings. The van der Waals surface area contributed by atoms with Crippen molar-refractivity contribution in [1.82, 2.24) is 4.90 Å². The van der Waals surface area contributed by atoms with Gasteiger partial charge in [-0.15, -0.1) is 0 Å². The SMILES string of the molecule is CCc1ccc(OCC(O)CN2CCCC(COC)C2)cc1. The molecule has 2 atom stereocenters. The van der Waals surface area contributed by atoms with E-state index in [1.807, 2.05) is 12.1 Å². The van der Waals surface area contributed by atoms with Crippen LogP contribution in [0.4, 0.5) is 0 Å². The van der Waals surface area contributed by atoms with Crippen LogP contribution < -0.4 is 4.74 Å². The Kier molecular flexibility index (Phi) is 7.16. The highest BCUT2D eigenvalue weighted by Gasteiger charge is 2.21. The first-order chi connectivity index (χ1) is 10.7. The van der Waals surface area contributed by atoms with Gasteiger partial charge in [0.15, 0.2) is 0 Å². The fourth-order valence-corrected chi connectivity index (χ4v) is 3.05. The number of benzene rings is 1. The van der Waals surface area contributed by atoms with Gasteiger partial charge in [-0.25, -0.2) is 0 Å². The number of methoxy groups -OCH3 is 1. The number of nitrogens with zero attached hydrogens (tertiary/aromatic N) is 1. The standard InChI is InChI=1S/C18H29NO3/c1-3-15-6-8-18(9-7-15)22-14-17(20)12-19-10-4-5-16(11-19)13-21-2/h6-9,16-17,20H,3-5,10-14H2,1-2H3. The number of aliphatic hydroxyl groups excluding tert-OH is 1. The third kappa shape index (κ3) is 5.59. The highest BCUT2D eigenvalue weighted by molar-refractivity contribution is 5.27. The van der Waals surface area contributed by atoms with Crippen molar-refractivity contribution < 1.29 is 14.6 Å². The van der Waals surface area contributed by atoms with Crippen LogP contribution >= 0.6 is 0 Å². The molecule has 1 aromatic carbocycles. The van der Waals surface area contributed by atoms with E-state index in [1.54, 1.807) is 7.11 Å². The lowest BCUT2D eigenvalue weighted by atomic mass is 9.99. The summed E-state index contributed by atoms with van der Waals surface area (Å²) in [5.41, 5.74) is 1.30. The maximum Gasteiger partial charge on any atom is 0.119 e. The molecular weight excluding hydrogens is 278 g/mol. The van der Waals surface area contributed by atoms with Crippen molar-refractivity contribution in [1.29, 1.82) is 0 Å². The van der Waals surface area contributed by atoms with Crippen LogP contribution in [-0.2, 0) is 11.2 Å². The van der Waals surface area contributed by atoms with Crippen LogP contribution in [0.2, 0.25) is 0 Å². The fraction of sp³-hybridized carbons (Fsp3) is 0.667. The number of hydrogen-bond donors (Lipinski definition) is 1. The predicted molar refractivity (Wildman–Crippen MR) is 88.4 cm³/mol. The fourth-order valence-electron chi connectivity index (χ4n) is 3.05. The summed E-state index contributed by atoms with van der Waals surface area (Å²) >= 11 is 0. The van der Waals surface area contributed by atoms with Crippen molar-refractivity contribution in [3.8, 4) is 5.75 Å². The molecule has 0 aliphatic carbocycles. The molecule has 4 heteroatoms. The van der Waals surface area contributed by atoms with Gasteiger partial charge in [-0.3, -0.25) is 0 Å². The molecule has 1 N–H and O–H groups in total. The number of ether oxygens (including phenoxy) is 2. The maximum atomic E-state index is 10.2. The summed E-state index contributed by atoms with van der Waals surface area (Å²) in [5, 5.41) is 10.2. The molecule has 0 aromatic heterocycles. The van der Waals surface area contributed by atoms with Gasteiger partial charge < -0.3 is 19.5 Å². The zero-order valence-corrected chi connectivity index (χ0v) is 13.8. The van der Waals surface area contributed by atoms with E-state index in [2.05, 4.69) is 24.0 Å². The lowest BCUT2D eigenvalue weighted by molar-refractivity contribution is 0.0371. The van der Waals surface area contributed by atoms with E-state index in [0.717, 1.165) is 31.9 Å². The van der Waals surface area contributed by atoms with Crippen LogP contribution in [0.15, 0.2) is 24.3 Å². The Hall–Kier alpha value is -1.10. The van der Waals surface area contributed by atoms with Gasteiger partial charge >= 0.3 is 0 Å². The number of aryl methyl sites for hydroxylation is 1. The van der Waals surface area contributed by atoms with E-state index < -0.39 is 6.10 Å². The summed E-state index contributed by atoms with van der Waals surface area (Å²) < 4.78 is 10.9. The van der Waals surface area contributed by atoms with Crippen LogP contribution in [0.3, 0.4) is 0 Å². The zero-order chi connectivity index (χ0) is 15.8. The molecule has 1 aliphatic heterocycles. The lowest BCUT2D eigenvalue weighted by Crippen LogP contribution is -2.42. The van der Waals surface area contributed by atoms with Gasteiger partial charge in [-0.2, -0.15) is 0 Å². The Bertz CT molecular complexity index is 419. The maximum absolute atomic E-state index is 10.2. The van der Waals surface area contributed by atoms with E-state index in [4.69, 9.17) is 9.47 Å². The number of rotatable bonds is 8. The molecule has 0 bridgehead atoms. The zero-order valence-electron chi connectivity index (χ0n) is 13.8. The van der Waals surface area contributed by atoms with Crippen molar-refractivity contribution in [2.45, 2.75) is 32.3 Å². The van der Waals surface area contributed by atoms with Gasteiger partial charge in [0.05, 0.1) is 6.61 Å². The Morgan fingerprint density at radius 3 is 2.77 bits per heavy atom. The van der Waals surface area contributed by atoms with Crippen molar-refractivity contribution in [3.63, 3.8) is 0 Å². The first-order valence-electron chi connectivity index (χ1n) is 8.32. The normalized spacial score (nSPS) is 20.8. The molecule has 2 rings (SSSR count). The third-order valence-electron chi connectivity index (χ3n) is 4.25. The van der Waals surface area contributed by atoms with E-state index in [-0.39, 0.29) is 0 Å². The summed E-state index contributed by atoms with van der Waals surface area (Å²) in [6.07, 6.45) is 2.98. The van der Waals surface area contributed by atoms with Crippen LogP contribution in [-0.4, -0.2) is 56.1 Å². The summed E-state index contributed by atoms with van der Waals surface area (Å²) in [4.78, 5) is 2.32. The smallest absolute Gasteiger partial charge is 0.119 e. The van der Waals surface area contributed by atoms with Crippen LogP contribution in [0.5, 0.6) is 5.75 Å². The second kappa shape index (κ2) is 9.13. The molecule has 1 saturated heterocycles. The minimum atomic E-state index is -0.452. The minimum Gasteiger partial charge on any atom is -0.491 e. The highest BCUT2D eigenvalue weighted by Crippen LogP contribution is 2.17. The largest absolute Gasteiger partial charge is 0.491 e. The van der Waals surface area contributed by atoms with E-state index in [9.17, 15) is 5.11 Å². The highest BCUT2D eigenvalue weighted by atomic mass is 16.5. The summed E-state index contributed by atoms with van der Waals surface area (Å²) in [5.74, 6) is 1.42. The van der Waals surface area contributed by atoms with E-state index >= 15 is 0 Å². The second-order valence-corrected chi connectivity index (χ2v) is 6.19. The van der Waals surface area contributed by atoms with Gasteiger partial charge in [0.25, 0.3) is 0 Å². The molecule has 1 heterocycles. The average Bonchev–Trinajstić information content (AvgIpc) is 2.54. The third-order valence-corrected chi connectivity index (χ3v) is 4.25. The number of likely N-dealkylation sites (tertiary alicyclic amines) is 1. The van der Waals surface area contributed by atoms with Crippen molar-refractivity contribution in [3.05, 3.63) is 29.8 Å².